The van der Waals surface area contributed by atoms with Crippen LogP contribution in [0.5, 0.6) is 0 Å². The SMILES string of the molecule is CCCC/C=C\C/C=C\CCCCCCCC(=O)OCC(COC(=O)CCCCCCCCCCC/C=C\CCCCCCCC)OC(=O)CCCCCCCCC/C=C\CCCCCCCCC. The highest BCUT2D eigenvalue weighted by atomic mass is 16.6. The van der Waals surface area contributed by atoms with Gasteiger partial charge in [0.25, 0.3) is 0 Å². The van der Waals surface area contributed by atoms with Gasteiger partial charge in [-0.1, -0.05) is 249 Å². The van der Waals surface area contributed by atoms with Crippen molar-refractivity contribution in [3.8, 4) is 0 Å². The molecule has 0 aromatic heterocycles. The maximum atomic E-state index is 12.9. The molecule has 0 radical (unpaired) electrons. The molecule has 0 rings (SSSR count). The number of rotatable bonds is 55. The molecule has 6 heteroatoms. The van der Waals surface area contributed by atoms with E-state index in [2.05, 4.69) is 69.4 Å². The van der Waals surface area contributed by atoms with Gasteiger partial charge in [0.15, 0.2) is 6.10 Å². The number of hydrogen-bond donors (Lipinski definition) is 0. The summed E-state index contributed by atoms with van der Waals surface area (Å²) in [6.07, 6.45) is 71.0. The monoisotopic (exact) mass is 967 g/mol. The molecule has 0 saturated carbocycles. The number of hydrogen-bond acceptors (Lipinski definition) is 6. The van der Waals surface area contributed by atoms with E-state index in [0.29, 0.717) is 19.3 Å². The van der Waals surface area contributed by atoms with E-state index in [-0.39, 0.29) is 31.1 Å². The molecule has 0 fully saturated rings. The average molecular weight is 968 g/mol. The van der Waals surface area contributed by atoms with E-state index >= 15 is 0 Å². The Hall–Kier alpha value is -2.63. The van der Waals surface area contributed by atoms with Crippen molar-refractivity contribution in [2.75, 3.05) is 13.2 Å². The van der Waals surface area contributed by atoms with Gasteiger partial charge in [-0.25, -0.2) is 0 Å². The Morgan fingerprint density at radius 1 is 0.290 bits per heavy atom. The molecule has 0 aromatic rings. The Morgan fingerprint density at radius 2 is 0.536 bits per heavy atom. The number of carbonyl (C=O) groups is 3. The zero-order valence-electron chi connectivity index (χ0n) is 46.1. The predicted octanol–water partition coefficient (Wildman–Crippen LogP) is 20.2. The fourth-order valence-corrected chi connectivity index (χ4v) is 8.69. The molecular formula is C63H114O6. The van der Waals surface area contributed by atoms with Crippen LogP contribution in [0.15, 0.2) is 48.6 Å². The van der Waals surface area contributed by atoms with Gasteiger partial charge < -0.3 is 14.2 Å². The van der Waals surface area contributed by atoms with E-state index < -0.39 is 6.10 Å². The van der Waals surface area contributed by atoms with Crippen LogP contribution in [-0.2, 0) is 28.6 Å². The highest BCUT2D eigenvalue weighted by molar-refractivity contribution is 5.71. The Balaban J connectivity index is 4.36. The van der Waals surface area contributed by atoms with Crippen LogP contribution in [0.25, 0.3) is 0 Å². The zero-order valence-corrected chi connectivity index (χ0v) is 46.1. The summed E-state index contributed by atoms with van der Waals surface area (Å²) < 4.78 is 16.9. The lowest BCUT2D eigenvalue weighted by Crippen LogP contribution is -2.30. The van der Waals surface area contributed by atoms with Crippen molar-refractivity contribution in [3.05, 3.63) is 48.6 Å². The Morgan fingerprint density at radius 3 is 0.855 bits per heavy atom. The molecule has 1 atom stereocenters. The van der Waals surface area contributed by atoms with Gasteiger partial charge in [0.1, 0.15) is 13.2 Å². The molecule has 0 bridgehead atoms. The van der Waals surface area contributed by atoms with E-state index in [1.807, 2.05) is 0 Å². The second kappa shape index (κ2) is 57.9. The number of carbonyl (C=O) groups excluding carboxylic acids is 3. The van der Waals surface area contributed by atoms with Gasteiger partial charge in [-0.3, -0.25) is 14.4 Å². The smallest absolute Gasteiger partial charge is 0.306 e. The first-order valence-corrected chi connectivity index (χ1v) is 30.1. The molecule has 0 N–H and O–H groups in total. The average Bonchev–Trinajstić information content (AvgIpc) is 3.35. The highest BCUT2D eigenvalue weighted by Crippen LogP contribution is 2.16. The third-order valence-corrected chi connectivity index (χ3v) is 13.3. The van der Waals surface area contributed by atoms with Crippen LogP contribution in [-0.4, -0.2) is 37.2 Å². The summed E-state index contributed by atoms with van der Waals surface area (Å²) in [6.45, 7) is 6.61. The van der Waals surface area contributed by atoms with Gasteiger partial charge >= 0.3 is 17.9 Å². The maximum absolute atomic E-state index is 12.9. The van der Waals surface area contributed by atoms with Crippen LogP contribution in [0.3, 0.4) is 0 Å². The summed E-state index contributed by atoms with van der Waals surface area (Å²) in [5, 5.41) is 0. The van der Waals surface area contributed by atoms with E-state index in [1.54, 1.807) is 0 Å². The van der Waals surface area contributed by atoms with Crippen molar-refractivity contribution in [2.45, 2.75) is 322 Å². The number of esters is 3. The zero-order chi connectivity index (χ0) is 50.0. The van der Waals surface area contributed by atoms with E-state index in [9.17, 15) is 14.4 Å². The van der Waals surface area contributed by atoms with Gasteiger partial charge in [-0.05, 0) is 96.3 Å². The maximum Gasteiger partial charge on any atom is 0.306 e. The van der Waals surface area contributed by atoms with Crippen molar-refractivity contribution in [1.29, 1.82) is 0 Å². The summed E-state index contributed by atoms with van der Waals surface area (Å²) in [4.78, 5) is 38.2. The highest BCUT2D eigenvalue weighted by Gasteiger charge is 2.19. The van der Waals surface area contributed by atoms with Crippen LogP contribution >= 0.6 is 0 Å². The second-order valence-electron chi connectivity index (χ2n) is 20.2. The first-order chi connectivity index (χ1) is 34.0. The first-order valence-electron chi connectivity index (χ1n) is 30.1. The molecular weight excluding hydrogens is 853 g/mol. The summed E-state index contributed by atoms with van der Waals surface area (Å²) in [5.41, 5.74) is 0. The quantitative estimate of drug-likeness (QED) is 0.0262. The van der Waals surface area contributed by atoms with Crippen molar-refractivity contribution >= 4 is 17.9 Å². The molecule has 6 nitrogen and oxygen atoms in total. The van der Waals surface area contributed by atoms with Gasteiger partial charge in [0.05, 0.1) is 0 Å². The molecule has 1 unspecified atom stereocenters. The summed E-state index contributed by atoms with van der Waals surface area (Å²) in [5.74, 6) is -0.884. The summed E-state index contributed by atoms with van der Waals surface area (Å²) in [6, 6.07) is 0. The largest absolute Gasteiger partial charge is 0.462 e. The molecule has 69 heavy (non-hydrogen) atoms. The topological polar surface area (TPSA) is 78.9 Å². The molecule has 0 aliphatic carbocycles. The predicted molar refractivity (Wildman–Crippen MR) is 298 cm³/mol. The lowest BCUT2D eigenvalue weighted by atomic mass is 10.1. The van der Waals surface area contributed by atoms with Crippen molar-refractivity contribution in [3.63, 3.8) is 0 Å². The molecule has 0 spiro atoms. The van der Waals surface area contributed by atoms with Crippen LogP contribution in [0, 0.1) is 0 Å². The molecule has 0 aliphatic heterocycles. The van der Waals surface area contributed by atoms with Gasteiger partial charge in [0, 0.05) is 19.3 Å². The molecule has 0 aliphatic rings. The fourth-order valence-electron chi connectivity index (χ4n) is 8.69. The fraction of sp³-hybridized carbons (Fsp3) is 0.825. The molecule has 0 aromatic carbocycles. The normalized spacial score (nSPS) is 12.3. The van der Waals surface area contributed by atoms with Gasteiger partial charge in [-0.15, -0.1) is 0 Å². The van der Waals surface area contributed by atoms with Crippen LogP contribution in [0.2, 0.25) is 0 Å². The Labute approximate surface area is 428 Å². The number of unbranched alkanes of at least 4 members (excludes halogenated alkanes) is 36. The second-order valence-corrected chi connectivity index (χ2v) is 20.2. The van der Waals surface area contributed by atoms with E-state index in [0.717, 1.165) is 77.0 Å². The molecule has 402 valence electrons. The van der Waals surface area contributed by atoms with Gasteiger partial charge in [-0.2, -0.15) is 0 Å². The number of ether oxygens (including phenoxy) is 3. The molecule has 0 heterocycles. The number of allylic oxidation sites excluding steroid dienone is 8. The standard InChI is InChI=1S/C63H114O6/c1-4-7-10-13-16-19-22-25-28-30-32-34-35-38-41-44-47-50-53-56-62(65)68-59-60(58-67-61(64)55-52-49-46-43-40-37-27-24-21-18-15-12-9-6-3)69-63(66)57-54-51-48-45-42-39-36-33-31-29-26-23-20-17-14-11-8-5-2/h15,18,24-25,27-29,31,60H,4-14,16-17,19-23,26,30,32-59H2,1-3H3/b18-15-,27-24-,28-25-,31-29-. The van der Waals surface area contributed by atoms with Crippen molar-refractivity contribution in [1.82, 2.24) is 0 Å². The molecule has 0 amide bonds. The minimum Gasteiger partial charge on any atom is -0.462 e. The minimum absolute atomic E-state index is 0.0787. The van der Waals surface area contributed by atoms with E-state index in [1.165, 1.54) is 199 Å². The molecule has 0 saturated heterocycles. The van der Waals surface area contributed by atoms with Crippen molar-refractivity contribution < 1.29 is 28.6 Å². The third kappa shape index (κ3) is 56.2. The lowest BCUT2D eigenvalue weighted by molar-refractivity contribution is -0.167. The van der Waals surface area contributed by atoms with E-state index in [4.69, 9.17) is 14.2 Å². The van der Waals surface area contributed by atoms with Crippen molar-refractivity contribution in [2.24, 2.45) is 0 Å². The van der Waals surface area contributed by atoms with Crippen LogP contribution < -0.4 is 0 Å². The third-order valence-electron chi connectivity index (χ3n) is 13.3. The summed E-state index contributed by atoms with van der Waals surface area (Å²) >= 11 is 0. The summed E-state index contributed by atoms with van der Waals surface area (Å²) in [7, 11) is 0. The van der Waals surface area contributed by atoms with Crippen LogP contribution in [0.1, 0.15) is 316 Å². The Kier molecular flexibility index (Phi) is 55.7. The van der Waals surface area contributed by atoms with Crippen LogP contribution in [0.4, 0.5) is 0 Å². The van der Waals surface area contributed by atoms with Gasteiger partial charge in [0.2, 0.25) is 0 Å². The lowest BCUT2D eigenvalue weighted by Gasteiger charge is -2.18. The minimum atomic E-state index is -0.781. The Bertz CT molecular complexity index is 1200. The first kappa shape index (κ1) is 66.4.